The van der Waals surface area contributed by atoms with E-state index in [0.717, 1.165) is 19.0 Å². The molecule has 0 aromatic carbocycles. The lowest BCUT2D eigenvalue weighted by Gasteiger charge is -2.22. The highest BCUT2D eigenvalue weighted by Crippen LogP contribution is 2.08. The number of nitrogens with zero attached hydrogens (tertiary/aromatic N) is 1. The zero-order valence-corrected chi connectivity index (χ0v) is 7.66. The van der Waals surface area contributed by atoms with Gasteiger partial charge in [-0.3, -0.25) is 0 Å². The Kier molecular flexibility index (Phi) is 5.14. The molecule has 0 aromatic heterocycles. The second-order valence-corrected chi connectivity index (χ2v) is 2.87. The van der Waals surface area contributed by atoms with Gasteiger partial charge in [-0.15, -0.1) is 24.0 Å². The van der Waals surface area contributed by atoms with Gasteiger partial charge in [0.15, 0.2) is 0 Å². The van der Waals surface area contributed by atoms with Crippen LogP contribution in [0.2, 0.25) is 0 Å². The predicted octanol–water partition coefficient (Wildman–Crippen LogP) is 1.76. The maximum Gasteiger partial charge on any atom is 0.0298 e. The minimum Gasteiger partial charge on any atom is -0.302 e. The molecule has 10 heavy (non-hydrogen) atoms. The van der Waals surface area contributed by atoms with E-state index < -0.39 is 0 Å². The largest absolute Gasteiger partial charge is 0.302 e. The van der Waals surface area contributed by atoms with Gasteiger partial charge in [-0.25, -0.2) is 0 Å². The van der Waals surface area contributed by atoms with Crippen molar-refractivity contribution in [2.24, 2.45) is 5.92 Å². The van der Waals surface area contributed by atoms with Crippen LogP contribution in [-0.4, -0.2) is 30.9 Å². The highest BCUT2D eigenvalue weighted by atomic mass is 35.5. The second-order valence-electron chi connectivity index (χ2n) is 2.56. The molecular weight excluding hydrogens is 169 g/mol. The zero-order valence-electron chi connectivity index (χ0n) is 6.09. The van der Waals surface area contributed by atoms with E-state index >= 15 is 0 Å². The molecule has 0 fully saturated rings. The molecule has 0 aliphatic carbocycles. The summed E-state index contributed by atoms with van der Waals surface area (Å²) in [7, 11) is 2.11. The third-order valence-electron chi connectivity index (χ3n) is 1.57. The monoisotopic (exact) mass is 181 g/mol. The molecule has 1 aliphatic heterocycles. The zero-order chi connectivity index (χ0) is 6.69. The Morgan fingerprint density at radius 3 is 2.80 bits per heavy atom. The molecule has 3 heteroatoms. The lowest BCUT2D eigenvalue weighted by molar-refractivity contribution is 0.324. The van der Waals surface area contributed by atoms with Crippen molar-refractivity contribution in [1.82, 2.24) is 4.90 Å². The number of halogens is 2. The number of hydrogen-bond donors (Lipinski definition) is 0. The van der Waals surface area contributed by atoms with Crippen LogP contribution in [0.3, 0.4) is 0 Å². The smallest absolute Gasteiger partial charge is 0.0298 e. The molecule has 0 spiro atoms. The Morgan fingerprint density at radius 1 is 1.70 bits per heavy atom. The first-order valence-corrected chi connectivity index (χ1v) is 3.77. The average molecular weight is 182 g/mol. The summed E-state index contributed by atoms with van der Waals surface area (Å²) in [5.74, 6) is 1.33. The van der Waals surface area contributed by atoms with Gasteiger partial charge in [-0.05, 0) is 7.05 Å². The van der Waals surface area contributed by atoms with E-state index in [2.05, 4.69) is 24.1 Å². The van der Waals surface area contributed by atoms with Gasteiger partial charge in [0.25, 0.3) is 0 Å². The van der Waals surface area contributed by atoms with Crippen LogP contribution in [0.5, 0.6) is 0 Å². The van der Waals surface area contributed by atoms with Crippen LogP contribution in [0.1, 0.15) is 0 Å². The molecule has 1 unspecified atom stereocenters. The van der Waals surface area contributed by atoms with Crippen LogP contribution < -0.4 is 0 Å². The van der Waals surface area contributed by atoms with Crippen LogP contribution in [-0.2, 0) is 0 Å². The maximum absolute atomic E-state index is 5.67. The number of hydrogen-bond acceptors (Lipinski definition) is 1. The third-order valence-corrected chi connectivity index (χ3v) is 1.97. The first kappa shape index (κ1) is 10.3. The van der Waals surface area contributed by atoms with E-state index in [-0.39, 0.29) is 12.4 Å². The Bertz CT molecular complexity index is 114. The fourth-order valence-corrected chi connectivity index (χ4v) is 1.27. The van der Waals surface area contributed by atoms with Crippen molar-refractivity contribution in [3.05, 3.63) is 12.2 Å². The summed E-state index contributed by atoms with van der Waals surface area (Å²) in [6, 6.07) is 0. The molecular formula is C7H13Cl2N. The summed E-state index contributed by atoms with van der Waals surface area (Å²) in [6.07, 6.45) is 4.38. The standard InChI is InChI=1S/C7H12ClN.ClH/c1-9-4-2-3-7(5-8)6-9;/h2-3,7H,4-6H2,1H3;1H. The van der Waals surface area contributed by atoms with Gasteiger partial charge in [0, 0.05) is 24.9 Å². The van der Waals surface area contributed by atoms with Gasteiger partial charge < -0.3 is 4.90 Å². The molecule has 0 saturated carbocycles. The fraction of sp³-hybridized carbons (Fsp3) is 0.714. The van der Waals surface area contributed by atoms with E-state index in [1.807, 2.05) is 0 Å². The second kappa shape index (κ2) is 5.00. The molecule has 1 aliphatic rings. The average Bonchev–Trinajstić information content (AvgIpc) is 1.88. The van der Waals surface area contributed by atoms with Gasteiger partial charge >= 0.3 is 0 Å². The SMILES string of the molecule is CN1CC=CC(CCl)C1.Cl. The minimum absolute atomic E-state index is 0. The first-order chi connectivity index (χ1) is 4.33. The van der Waals surface area contributed by atoms with Crippen LogP contribution in [0.25, 0.3) is 0 Å². The molecule has 0 bridgehead atoms. The van der Waals surface area contributed by atoms with Gasteiger partial charge in [0.1, 0.15) is 0 Å². The molecule has 0 saturated heterocycles. The molecule has 1 rings (SSSR count). The van der Waals surface area contributed by atoms with Crippen molar-refractivity contribution < 1.29 is 0 Å². The molecule has 0 radical (unpaired) electrons. The molecule has 0 amide bonds. The van der Waals surface area contributed by atoms with Gasteiger partial charge in [0.2, 0.25) is 0 Å². The van der Waals surface area contributed by atoms with Crippen molar-refractivity contribution in [2.45, 2.75) is 0 Å². The summed E-state index contributed by atoms with van der Waals surface area (Å²) in [4.78, 5) is 2.27. The van der Waals surface area contributed by atoms with Gasteiger partial charge in [-0.2, -0.15) is 0 Å². The molecule has 1 heterocycles. The highest BCUT2D eigenvalue weighted by molar-refractivity contribution is 6.18. The Balaban J connectivity index is 0.000000810. The Labute approximate surface area is 73.4 Å². The van der Waals surface area contributed by atoms with Gasteiger partial charge in [-0.1, -0.05) is 12.2 Å². The van der Waals surface area contributed by atoms with E-state index in [0.29, 0.717) is 5.92 Å². The molecule has 0 N–H and O–H groups in total. The molecule has 60 valence electrons. The number of rotatable bonds is 1. The highest BCUT2D eigenvalue weighted by Gasteiger charge is 2.09. The third kappa shape index (κ3) is 2.91. The summed E-state index contributed by atoms with van der Waals surface area (Å²) >= 11 is 5.67. The molecule has 0 aromatic rings. The summed E-state index contributed by atoms with van der Waals surface area (Å²) in [5, 5.41) is 0. The van der Waals surface area contributed by atoms with Crippen LogP contribution >= 0.6 is 24.0 Å². The first-order valence-electron chi connectivity index (χ1n) is 3.24. The predicted molar refractivity (Wildman–Crippen MR) is 48.1 cm³/mol. The van der Waals surface area contributed by atoms with E-state index in [1.54, 1.807) is 0 Å². The summed E-state index contributed by atoms with van der Waals surface area (Å²) in [5.41, 5.74) is 0. The maximum atomic E-state index is 5.67. The van der Waals surface area contributed by atoms with Crippen molar-refractivity contribution in [1.29, 1.82) is 0 Å². The van der Waals surface area contributed by atoms with Crippen molar-refractivity contribution in [2.75, 3.05) is 26.0 Å². The molecule has 1 atom stereocenters. The summed E-state index contributed by atoms with van der Waals surface area (Å²) in [6.45, 7) is 2.19. The van der Waals surface area contributed by atoms with Gasteiger partial charge in [0.05, 0.1) is 0 Å². The van der Waals surface area contributed by atoms with Crippen LogP contribution in [0.4, 0.5) is 0 Å². The Hall–Kier alpha value is 0.280. The quantitative estimate of drug-likeness (QED) is 0.441. The summed E-state index contributed by atoms with van der Waals surface area (Å²) < 4.78 is 0. The van der Waals surface area contributed by atoms with E-state index in [4.69, 9.17) is 11.6 Å². The normalized spacial score (nSPS) is 26.0. The van der Waals surface area contributed by atoms with Crippen molar-refractivity contribution in [3.63, 3.8) is 0 Å². The number of likely N-dealkylation sites (N-methyl/N-ethyl adjacent to an activating group) is 1. The lowest BCUT2D eigenvalue weighted by atomic mass is 10.1. The number of alkyl halides is 1. The minimum atomic E-state index is 0. The lowest BCUT2D eigenvalue weighted by Crippen LogP contribution is -2.29. The van der Waals surface area contributed by atoms with E-state index in [1.165, 1.54) is 0 Å². The molecule has 1 nitrogen and oxygen atoms in total. The van der Waals surface area contributed by atoms with Crippen LogP contribution in [0, 0.1) is 5.92 Å². The fourth-order valence-electron chi connectivity index (χ4n) is 1.07. The van der Waals surface area contributed by atoms with Crippen molar-refractivity contribution in [3.8, 4) is 0 Å². The Morgan fingerprint density at radius 2 is 2.40 bits per heavy atom. The van der Waals surface area contributed by atoms with Crippen LogP contribution in [0.15, 0.2) is 12.2 Å². The van der Waals surface area contributed by atoms with E-state index in [9.17, 15) is 0 Å². The van der Waals surface area contributed by atoms with Crippen molar-refractivity contribution >= 4 is 24.0 Å². The topological polar surface area (TPSA) is 3.24 Å².